The third-order valence-corrected chi connectivity index (χ3v) is 6.62. The van der Waals surface area contributed by atoms with Crippen LogP contribution >= 0.6 is 0 Å². The van der Waals surface area contributed by atoms with Crippen LogP contribution in [0.1, 0.15) is 65.3 Å². The normalized spacial score (nSPS) is 20.6. The quantitative estimate of drug-likeness (QED) is 0.381. The highest BCUT2D eigenvalue weighted by atomic mass is 32.2. The Labute approximate surface area is 168 Å². The molecule has 3 rings (SSSR count). The van der Waals surface area contributed by atoms with Crippen LogP contribution in [0, 0.1) is 0 Å². The Balaban J connectivity index is 1.73. The third kappa shape index (κ3) is 4.23. The SMILES string of the molecule is CC(CCCCc1cccc2c1C(=O)N(C1CCC(=O)NC1=O)C2=O)S(=O)(=O)O. The number of fused-ring (bicyclic) bond motifs is 1. The van der Waals surface area contributed by atoms with Crippen molar-refractivity contribution in [2.24, 2.45) is 0 Å². The van der Waals surface area contributed by atoms with Crippen molar-refractivity contribution in [3.05, 3.63) is 34.9 Å². The van der Waals surface area contributed by atoms with E-state index in [1.54, 1.807) is 12.1 Å². The van der Waals surface area contributed by atoms with E-state index >= 15 is 0 Å². The van der Waals surface area contributed by atoms with Gasteiger partial charge >= 0.3 is 0 Å². The smallest absolute Gasteiger partial charge is 0.267 e. The summed E-state index contributed by atoms with van der Waals surface area (Å²) in [4.78, 5) is 50.1. The van der Waals surface area contributed by atoms with Gasteiger partial charge in [-0.3, -0.25) is 33.9 Å². The van der Waals surface area contributed by atoms with E-state index in [0.717, 1.165) is 4.90 Å². The van der Waals surface area contributed by atoms with Crippen LogP contribution in [0.5, 0.6) is 0 Å². The molecule has 0 aliphatic carbocycles. The molecule has 2 unspecified atom stereocenters. The van der Waals surface area contributed by atoms with Crippen LogP contribution in [0.3, 0.4) is 0 Å². The molecule has 0 bridgehead atoms. The largest absolute Gasteiger partial charge is 0.295 e. The number of unbranched alkanes of at least 4 members (excludes halogenated alkanes) is 1. The molecule has 29 heavy (non-hydrogen) atoms. The van der Waals surface area contributed by atoms with Crippen molar-refractivity contribution in [2.75, 3.05) is 0 Å². The van der Waals surface area contributed by atoms with Crippen LogP contribution in [0.25, 0.3) is 0 Å². The van der Waals surface area contributed by atoms with Gasteiger partial charge in [-0.25, -0.2) is 0 Å². The van der Waals surface area contributed by atoms with Gasteiger partial charge in [-0.15, -0.1) is 0 Å². The van der Waals surface area contributed by atoms with Gasteiger partial charge in [0.05, 0.1) is 16.4 Å². The van der Waals surface area contributed by atoms with Crippen LogP contribution in [-0.2, 0) is 26.1 Å². The minimum atomic E-state index is -4.07. The predicted molar refractivity (Wildman–Crippen MR) is 102 cm³/mol. The van der Waals surface area contributed by atoms with E-state index in [2.05, 4.69) is 5.32 Å². The molecule has 1 aromatic carbocycles. The Bertz CT molecular complexity index is 986. The fraction of sp³-hybridized carbons (Fsp3) is 0.474. The van der Waals surface area contributed by atoms with Gasteiger partial charge in [-0.2, -0.15) is 8.42 Å². The van der Waals surface area contributed by atoms with Gasteiger partial charge in [0.25, 0.3) is 21.9 Å². The summed E-state index contributed by atoms with van der Waals surface area (Å²) in [7, 11) is -4.07. The maximum absolute atomic E-state index is 13.0. The Morgan fingerprint density at radius 2 is 1.90 bits per heavy atom. The molecule has 0 saturated carbocycles. The number of piperidine rings is 1. The van der Waals surface area contributed by atoms with Crippen molar-refractivity contribution in [3.63, 3.8) is 0 Å². The van der Waals surface area contributed by atoms with Crippen molar-refractivity contribution in [1.29, 1.82) is 0 Å². The van der Waals surface area contributed by atoms with Crippen molar-refractivity contribution >= 4 is 33.7 Å². The molecule has 0 aromatic heterocycles. The van der Waals surface area contributed by atoms with Crippen molar-refractivity contribution < 1.29 is 32.1 Å². The van der Waals surface area contributed by atoms with Gasteiger partial charge < -0.3 is 0 Å². The third-order valence-electron chi connectivity index (χ3n) is 5.37. The molecule has 156 valence electrons. The molecule has 4 amide bonds. The second-order valence-electron chi connectivity index (χ2n) is 7.36. The zero-order chi connectivity index (χ0) is 21.3. The van der Waals surface area contributed by atoms with Gasteiger partial charge in [0.15, 0.2) is 0 Å². The van der Waals surface area contributed by atoms with Crippen molar-refractivity contribution in [3.8, 4) is 0 Å². The topological polar surface area (TPSA) is 138 Å². The van der Waals surface area contributed by atoms with Crippen LogP contribution in [0.15, 0.2) is 18.2 Å². The number of carbonyl (C=O) groups excluding carboxylic acids is 4. The lowest BCUT2D eigenvalue weighted by Crippen LogP contribution is -2.54. The van der Waals surface area contributed by atoms with Crippen LogP contribution < -0.4 is 5.32 Å². The molecule has 2 N–H and O–H groups in total. The average Bonchev–Trinajstić information content (AvgIpc) is 2.90. The first kappa shape index (κ1) is 21.1. The highest BCUT2D eigenvalue weighted by Crippen LogP contribution is 2.30. The summed E-state index contributed by atoms with van der Waals surface area (Å²) in [6.07, 6.45) is 1.97. The molecule has 2 atom stereocenters. The number of amides is 4. The Kier molecular flexibility index (Phi) is 5.85. The zero-order valence-electron chi connectivity index (χ0n) is 15.9. The first-order valence-electron chi connectivity index (χ1n) is 9.41. The number of rotatable bonds is 7. The molecule has 1 saturated heterocycles. The summed E-state index contributed by atoms with van der Waals surface area (Å²) in [5.41, 5.74) is 1.13. The minimum absolute atomic E-state index is 0.0582. The fourth-order valence-electron chi connectivity index (χ4n) is 3.69. The summed E-state index contributed by atoms with van der Waals surface area (Å²) in [5.74, 6) is -2.19. The second kappa shape index (κ2) is 8.03. The minimum Gasteiger partial charge on any atom is -0.295 e. The van der Waals surface area contributed by atoms with Crippen LogP contribution in [0.4, 0.5) is 0 Å². The lowest BCUT2D eigenvalue weighted by Gasteiger charge is -2.27. The van der Waals surface area contributed by atoms with E-state index in [1.807, 2.05) is 0 Å². The molecular weight excluding hydrogens is 400 g/mol. The molecule has 1 fully saturated rings. The molecule has 1 aromatic rings. The maximum atomic E-state index is 13.0. The number of benzene rings is 1. The number of carbonyl (C=O) groups is 4. The first-order chi connectivity index (χ1) is 13.6. The van der Waals surface area contributed by atoms with Gasteiger partial charge in [-0.1, -0.05) is 18.6 Å². The Hall–Kier alpha value is -2.59. The van der Waals surface area contributed by atoms with E-state index < -0.39 is 45.0 Å². The molecule has 2 heterocycles. The average molecular weight is 422 g/mol. The number of nitrogens with one attached hydrogen (secondary N) is 1. The summed E-state index contributed by atoms with van der Waals surface area (Å²) >= 11 is 0. The van der Waals surface area contributed by atoms with E-state index in [-0.39, 0.29) is 30.4 Å². The van der Waals surface area contributed by atoms with Gasteiger partial charge in [-0.05, 0) is 44.2 Å². The Morgan fingerprint density at radius 1 is 1.17 bits per heavy atom. The lowest BCUT2D eigenvalue weighted by molar-refractivity contribution is -0.136. The highest BCUT2D eigenvalue weighted by Gasteiger charge is 2.45. The molecule has 2 aliphatic rings. The summed E-state index contributed by atoms with van der Waals surface area (Å²) in [6, 6.07) is 3.91. The van der Waals surface area contributed by atoms with Gasteiger partial charge in [0.2, 0.25) is 11.8 Å². The Morgan fingerprint density at radius 3 is 2.55 bits per heavy atom. The van der Waals surface area contributed by atoms with E-state index in [4.69, 9.17) is 4.55 Å². The first-order valence-corrected chi connectivity index (χ1v) is 10.9. The molecule has 9 nitrogen and oxygen atoms in total. The van der Waals surface area contributed by atoms with Crippen LogP contribution in [0.2, 0.25) is 0 Å². The summed E-state index contributed by atoms with van der Waals surface area (Å²) < 4.78 is 31.2. The number of hydrogen-bond acceptors (Lipinski definition) is 6. The molecule has 0 radical (unpaired) electrons. The number of nitrogens with zero attached hydrogens (tertiary/aromatic N) is 1. The lowest BCUT2D eigenvalue weighted by atomic mass is 9.98. The van der Waals surface area contributed by atoms with Gasteiger partial charge in [0, 0.05) is 6.42 Å². The highest BCUT2D eigenvalue weighted by molar-refractivity contribution is 7.86. The monoisotopic (exact) mass is 422 g/mol. The maximum Gasteiger partial charge on any atom is 0.267 e. The predicted octanol–water partition coefficient (Wildman–Crippen LogP) is 1.08. The molecular formula is C19H22N2O7S. The van der Waals surface area contributed by atoms with E-state index in [0.29, 0.717) is 24.8 Å². The van der Waals surface area contributed by atoms with Crippen LogP contribution in [-0.4, -0.2) is 52.8 Å². The summed E-state index contributed by atoms with van der Waals surface area (Å²) in [6.45, 7) is 1.43. The molecule has 10 heteroatoms. The number of aryl methyl sites for hydroxylation is 1. The van der Waals surface area contributed by atoms with E-state index in [1.165, 1.54) is 13.0 Å². The van der Waals surface area contributed by atoms with Crippen molar-refractivity contribution in [1.82, 2.24) is 10.2 Å². The molecule has 2 aliphatic heterocycles. The summed E-state index contributed by atoms with van der Waals surface area (Å²) in [5, 5.41) is 1.29. The molecule has 0 spiro atoms. The van der Waals surface area contributed by atoms with Crippen molar-refractivity contribution in [2.45, 2.75) is 56.7 Å². The van der Waals surface area contributed by atoms with Gasteiger partial charge in [0.1, 0.15) is 6.04 Å². The standard InChI is InChI=1S/C19H22N2O7S/c1-11(29(26,27)28)5-2-3-6-12-7-4-8-13-16(12)19(25)21(18(13)24)14-9-10-15(22)20-17(14)23/h4,7-8,11,14H,2-3,5-6,9-10H2,1H3,(H,20,22,23)(H,26,27,28). The fourth-order valence-corrected chi connectivity index (χ4v) is 4.15. The number of hydrogen-bond donors (Lipinski definition) is 2. The van der Waals surface area contributed by atoms with E-state index in [9.17, 15) is 27.6 Å². The number of imide groups is 2. The second-order valence-corrected chi connectivity index (χ2v) is 9.19. The zero-order valence-corrected chi connectivity index (χ0v) is 16.7.